The lowest BCUT2D eigenvalue weighted by Crippen LogP contribution is -2.40. The first kappa shape index (κ1) is 15.8. The van der Waals surface area contributed by atoms with Crippen LogP contribution >= 0.6 is 11.6 Å². The van der Waals surface area contributed by atoms with E-state index in [0.717, 1.165) is 18.2 Å². The highest BCUT2D eigenvalue weighted by molar-refractivity contribution is 6.29. The van der Waals surface area contributed by atoms with Gasteiger partial charge in [0.1, 0.15) is 23.1 Å². The van der Waals surface area contributed by atoms with Gasteiger partial charge in [-0.05, 0) is 50.4 Å². The van der Waals surface area contributed by atoms with Crippen LogP contribution in [-0.2, 0) is 4.79 Å². The zero-order chi connectivity index (χ0) is 16.6. The molecule has 1 aliphatic heterocycles. The lowest BCUT2D eigenvalue weighted by molar-refractivity contribution is -0.119. The lowest BCUT2D eigenvalue weighted by Gasteiger charge is -2.25. The molecule has 23 heavy (non-hydrogen) atoms. The maximum Gasteiger partial charge on any atom is 0.240 e. The number of primary amides is 1. The molecule has 2 heterocycles. The van der Waals surface area contributed by atoms with Gasteiger partial charge in [0, 0.05) is 11.9 Å². The summed E-state index contributed by atoms with van der Waals surface area (Å²) >= 11 is 6.12. The molecule has 0 aliphatic carbocycles. The van der Waals surface area contributed by atoms with Crippen molar-refractivity contribution >= 4 is 34.2 Å². The summed E-state index contributed by atoms with van der Waals surface area (Å²) in [4.78, 5) is 22.3. The zero-order valence-corrected chi connectivity index (χ0v) is 13.9. The number of anilines is 1. The molecule has 1 unspecified atom stereocenters. The SMILES string of the molecule is CC(C)Oc1cccc2c(N3CCCC3C(N)=O)nc(Cl)nc12. The first-order valence-electron chi connectivity index (χ1n) is 7.66. The van der Waals surface area contributed by atoms with Crippen LogP contribution in [0.25, 0.3) is 10.9 Å². The van der Waals surface area contributed by atoms with E-state index in [1.807, 2.05) is 36.9 Å². The summed E-state index contributed by atoms with van der Waals surface area (Å²) < 4.78 is 5.82. The number of nitrogens with zero attached hydrogens (tertiary/aromatic N) is 3. The zero-order valence-electron chi connectivity index (χ0n) is 13.1. The normalized spacial score (nSPS) is 17.9. The third-order valence-corrected chi connectivity index (χ3v) is 4.03. The minimum Gasteiger partial charge on any atom is -0.489 e. The topological polar surface area (TPSA) is 81.3 Å². The smallest absolute Gasteiger partial charge is 0.240 e. The highest BCUT2D eigenvalue weighted by Gasteiger charge is 2.31. The molecule has 1 aliphatic rings. The van der Waals surface area contributed by atoms with Crippen LogP contribution in [0.4, 0.5) is 5.82 Å². The fourth-order valence-corrected chi connectivity index (χ4v) is 3.13. The van der Waals surface area contributed by atoms with E-state index in [2.05, 4.69) is 9.97 Å². The van der Waals surface area contributed by atoms with Gasteiger partial charge in [-0.3, -0.25) is 4.79 Å². The molecule has 1 saturated heterocycles. The number of halogens is 1. The Kier molecular flexibility index (Phi) is 4.26. The molecular weight excluding hydrogens is 316 g/mol. The van der Waals surface area contributed by atoms with Crippen LogP contribution in [0, 0.1) is 0 Å². The van der Waals surface area contributed by atoms with Gasteiger partial charge in [0.15, 0.2) is 0 Å². The molecule has 6 nitrogen and oxygen atoms in total. The molecule has 2 aromatic rings. The molecule has 1 amide bonds. The average Bonchev–Trinajstić information content (AvgIpc) is 2.96. The summed E-state index contributed by atoms with van der Waals surface area (Å²) in [5, 5.41) is 0.933. The van der Waals surface area contributed by atoms with Gasteiger partial charge >= 0.3 is 0 Å². The second-order valence-corrected chi connectivity index (χ2v) is 6.23. The van der Waals surface area contributed by atoms with Crippen molar-refractivity contribution in [3.05, 3.63) is 23.5 Å². The Labute approximate surface area is 139 Å². The van der Waals surface area contributed by atoms with Gasteiger partial charge in [0.2, 0.25) is 11.2 Å². The summed E-state index contributed by atoms with van der Waals surface area (Å²) in [5.41, 5.74) is 6.17. The van der Waals surface area contributed by atoms with Gasteiger partial charge in [0.05, 0.1) is 6.10 Å². The van der Waals surface area contributed by atoms with E-state index in [4.69, 9.17) is 22.1 Å². The van der Waals surface area contributed by atoms with E-state index >= 15 is 0 Å². The van der Waals surface area contributed by atoms with Gasteiger partial charge < -0.3 is 15.4 Å². The van der Waals surface area contributed by atoms with Crippen LogP contribution in [0.3, 0.4) is 0 Å². The summed E-state index contributed by atoms with van der Waals surface area (Å²) in [6.45, 7) is 4.61. The number of amides is 1. The molecule has 3 rings (SSSR count). The Morgan fingerprint density at radius 1 is 1.43 bits per heavy atom. The van der Waals surface area contributed by atoms with E-state index < -0.39 is 0 Å². The maximum absolute atomic E-state index is 11.7. The molecule has 1 fully saturated rings. The fourth-order valence-electron chi connectivity index (χ4n) is 2.97. The van der Waals surface area contributed by atoms with Gasteiger partial charge in [-0.2, -0.15) is 4.98 Å². The van der Waals surface area contributed by atoms with E-state index in [9.17, 15) is 4.79 Å². The fraction of sp³-hybridized carbons (Fsp3) is 0.438. The maximum atomic E-state index is 11.7. The second-order valence-electron chi connectivity index (χ2n) is 5.89. The summed E-state index contributed by atoms with van der Waals surface area (Å²) in [6.07, 6.45) is 1.63. The molecule has 0 saturated carbocycles. The summed E-state index contributed by atoms with van der Waals surface area (Å²) in [6, 6.07) is 5.28. The van der Waals surface area contributed by atoms with Crippen LogP contribution in [0.2, 0.25) is 5.28 Å². The average molecular weight is 335 g/mol. The number of ether oxygens (including phenoxy) is 1. The van der Waals surface area contributed by atoms with Crippen molar-refractivity contribution in [3.8, 4) is 5.75 Å². The van der Waals surface area contributed by atoms with Crippen molar-refractivity contribution < 1.29 is 9.53 Å². The van der Waals surface area contributed by atoms with Crippen molar-refractivity contribution in [3.63, 3.8) is 0 Å². The largest absolute Gasteiger partial charge is 0.489 e. The van der Waals surface area contributed by atoms with Gasteiger partial charge in [-0.25, -0.2) is 4.98 Å². The minimum absolute atomic E-state index is 0.0166. The first-order chi connectivity index (χ1) is 11.0. The number of carbonyl (C=O) groups is 1. The molecule has 1 aromatic carbocycles. The highest BCUT2D eigenvalue weighted by atomic mass is 35.5. The highest BCUT2D eigenvalue weighted by Crippen LogP contribution is 2.34. The van der Waals surface area contributed by atoms with Crippen molar-refractivity contribution in [1.29, 1.82) is 0 Å². The monoisotopic (exact) mass is 334 g/mol. The predicted molar refractivity (Wildman–Crippen MR) is 89.9 cm³/mol. The molecule has 1 atom stereocenters. The second kappa shape index (κ2) is 6.20. The van der Waals surface area contributed by atoms with Gasteiger partial charge in [0.25, 0.3) is 0 Å². The number of nitrogens with two attached hydrogens (primary N) is 1. The van der Waals surface area contributed by atoms with Crippen LogP contribution in [0.5, 0.6) is 5.75 Å². The van der Waals surface area contributed by atoms with Crippen LogP contribution in [0.15, 0.2) is 18.2 Å². The number of rotatable bonds is 4. The van der Waals surface area contributed by atoms with Crippen LogP contribution in [0.1, 0.15) is 26.7 Å². The van der Waals surface area contributed by atoms with Gasteiger partial charge in [-0.15, -0.1) is 0 Å². The summed E-state index contributed by atoms with van der Waals surface area (Å²) in [5.74, 6) is 0.938. The predicted octanol–water partition coefficient (Wildman–Crippen LogP) is 2.52. The van der Waals surface area contributed by atoms with Crippen molar-refractivity contribution in [2.24, 2.45) is 5.73 Å². The Morgan fingerprint density at radius 3 is 2.91 bits per heavy atom. The van der Waals surface area contributed by atoms with Crippen LogP contribution < -0.4 is 15.4 Å². The number of hydrogen-bond donors (Lipinski definition) is 1. The molecular formula is C16H19ClN4O2. The van der Waals surface area contributed by atoms with E-state index in [1.165, 1.54) is 0 Å². The quantitative estimate of drug-likeness (QED) is 0.869. The first-order valence-corrected chi connectivity index (χ1v) is 8.04. The number of benzene rings is 1. The molecule has 2 N–H and O–H groups in total. The summed E-state index contributed by atoms with van der Waals surface area (Å²) in [7, 11) is 0. The van der Waals surface area contributed by atoms with Crippen molar-refractivity contribution in [1.82, 2.24) is 9.97 Å². The number of fused-ring (bicyclic) bond motifs is 1. The minimum atomic E-state index is -0.362. The molecule has 1 aromatic heterocycles. The Bertz CT molecular complexity index is 750. The Morgan fingerprint density at radius 2 is 2.22 bits per heavy atom. The molecule has 7 heteroatoms. The number of hydrogen-bond acceptors (Lipinski definition) is 5. The Balaban J connectivity index is 2.16. The number of carbonyl (C=O) groups excluding carboxylic acids is 1. The molecule has 0 bridgehead atoms. The van der Waals surface area contributed by atoms with Gasteiger partial charge in [-0.1, -0.05) is 6.07 Å². The van der Waals surface area contributed by atoms with Crippen molar-refractivity contribution in [2.75, 3.05) is 11.4 Å². The number of aromatic nitrogens is 2. The van der Waals surface area contributed by atoms with Crippen LogP contribution in [-0.4, -0.2) is 34.6 Å². The lowest BCUT2D eigenvalue weighted by atomic mass is 10.1. The standard InChI is InChI=1S/C16H19ClN4O2/c1-9(2)23-12-7-3-5-10-13(12)19-16(17)20-15(10)21-8-4-6-11(21)14(18)22/h3,5,7,9,11H,4,6,8H2,1-2H3,(H2,18,22). The third kappa shape index (κ3) is 3.03. The Hall–Kier alpha value is -2.08. The van der Waals surface area contributed by atoms with E-state index in [-0.39, 0.29) is 23.3 Å². The number of para-hydroxylation sites is 1. The molecule has 122 valence electrons. The third-order valence-electron chi connectivity index (χ3n) is 3.86. The van der Waals surface area contributed by atoms with Crippen molar-refractivity contribution in [2.45, 2.75) is 38.8 Å². The van der Waals surface area contributed by atoms with E-state index in [0.29, 0.717) is 23.6 Å². The van der Waals surface area contributed by atoms with E-state index in [1.54, 1.807) is 0 Å². The molecule has 0 radical (unpaired) electrons. The molecule has 0 spiro atoms.